The van der Waals surface area contributed by atoms with Gasteiger partial charge < -0.3 is 9.47 Å². The number of ether oxygens (including phenoxy) is 2. The second-order valence-corrected chi connectivity index (χ2v) is 7.03. The van der Waals surface area contributed by atoms with Crippen molar-refractivity contribution in [3.05, 3.63) is 59.2 Å². The maximum absolute atomic E-state index is 13.9. The van der Waals surface area contributed by atoms with Crippen molar-refractivity contribution in [3.8, 4) is 11.1 Å². The van der Waals surface area contributed by atoms with E-state index in [0.29, 0.717) is 24.7 Å². The van der Waals surface area contributed by atoms with Crippen LogP contribution in [0.4, 0.5) is 17.6 Å². The van der Waals surface area contributed by atoms with Gasteiger partial charge in [-0.05, 0) is 39.2 Å². The van der Waals surface area contributed by atoms with Gasteiger partial charge in [0, 0.05) is 11.5 Å². The Labute approximate surface area is 150 Å². The number of rotatable bonds is 3. The Morgan fingerprint density at radius 2 is 1.48 bits per heavy atom. The summed E-state index contributed by atoms with van der Waals surface area (Å²) < 4.78 is 65.4. The Hall–Kier alpha value is -1.44. The molecule has 1 aliphatic rings. The number of hydrogen-bond donors (Lipinski definition) is 0. The standard InChI is InChI=1S/C18H15BrF4O2/c1-10-8-24-17(25-9-10)12-4-2-11(3-5-12)13-6-14(20)16(15(21)7-13)18(19,22)23/h2-7,10,17H,8-9H2,1H3. The van der Waals surface area contributed by atoms with Crippen LogP contribution in [-0.4, -0.2) is 13.2 Å². The van der Waals surface area contributed by atoms with Crippen LogP contribution in [0.3, 0.4) is 0 Å². The topological polar surface area (TPSA) is 18.5 Å². The second kappa shape index (κ2) is 7.05. The minimum atomic E-state index is -3.77. The molecule has 0 atom stereocenters. The smallest absolute Gasteiger partial charge is 0.332 e. The fourth-order valence-corrected chi connectivity index (χ4v) is 3.01. The third-order valence-corrected chi connectivity index (χ3v) is 4.30. The quantitative estimate of drug-likeness (QED) is 0.466. The van der Waals surface area contributed by atoms with Gasteiger partial charge in [0.05, 0.1) is 13.2 Å². The van der Waals surface area contributed by atoms with Crippen molar-refractivity contribution in [1.82, 2.24) is 0 Å². The molecule has 0 spiro atoms. The number of halogens is 5. The monoisotopic (exact) mass is 418 g/mol. The Morgan fingerprint density at radius 3 is 1.96 bits per heavy atom. The molecule has 0 bridgehead atoms. The maximum atomic E-state index is 13.9. The van der Waals surface area contributed by atoms with Gasteiger partial charge in [-0.1, -0.05) is 31.2 Å². The summed E-state index contributed by atoms with van der Waals surface area (Å²) in [6.45, 7) is 3.19. The van der Waals surface area contributed by atoms with E-state index in [1.54, 1.807) is 24.3 Å². The van der Waals surface area contributed by atoms with Gasteiger partial charge >= 0.3 is 4.83 Å². The lowest BCUT2D eigenvalue weighted by molar-refractivity contribution is -0.202. The first-order valence-electron chi connectivity index (χ1n) is 7.65. The van der Waals surface area contributed by atoms with Crippen LogP contribution in [-0.2, 0) is 14.3 Å². The molecule has 0 aliphatic carbocycles. The Balaban J connectivity index is 1.85. The molecule has 0 N–H and O–H groups in total. The summed E-state index contributed by atoms with van der Waals surface area (Å²) in [5.74, 6) is -2.30. The zero-order valence-corrected chi connectivity index (χ0v) is 14.8. The molecule has 1 saturated heterocycles. The van der Waals surface area contributed by atoms with Crippen molar-refractivity contribution in [2.24, 2.45) is 5.92 Å². The van der Waals surface area contributed by atoms with E-state index < -0.39 is 28.3 Å². The lowest BCUT2D eigenvalue weighted by Gasteiger charge is -2.27. The van der Waals surface area contributed by atoms with Crippen molar-refractivity contribution >= 4 is 15.9 Å². The molecule has 7 heteroatoms. The highest BCUT2D eigenvalue weighted by Crippen LogP contribution is 2.39. The van der Waals surface area contributed by atoms with Crippen LogP contribution in [0, 0.1) is 17.6 Å². The predicted molar refractivity (Wildman–Crippen MR) is 88.4 cm³/mol. The summed E-state index contributed by atoms with van der Waals surface area (Å²) >= 11 is 1.99. The van der Waals surface area contributed by atoms with Gasteiger partial charge in [0.2, 0.25) is 0 Å². The highest BCUT2D eigenvalue weighted by Gasteiger charge is 2.34. The number of benzene rings is 2. The molecule has 25 heavy (non-hydrogen) atoms. The molecule has 3 rings (SSSR count). The second-order valence-electron chi connectivity index (χ2n) is 6.04. The molecule has 0 aromatic heterocycles. The fourth-order valence-electron chi connectivity index (χ4n) is 2.64. The third-order valence-electron chi connectivity index (χ3n) is 3.91. The van der Waals surface area contributed by atoms with Crippen LogP contribution in [0.5, 0.6) is 0 Å². The molecule has 2 aromatic rings. The zero-order valence-electron chi connectivity index (χ0n) is 13.2. The fraction of sp³-hybridized carbons (Fsp3) is 0.333. The van der Waals surface area contributed by atoms with Gasteiger partial charge in [0.1, 0.15) is 17.2 Å². The van der Waals surface area contributed by atoms with Gasteiger partial charge in [-0.25, -0.2) is 8.78 Å². The third kappa shape index (κ3) is 4.04. The van der Waals surface area contributed by atoms with Crippen molar-refractivity contribution in [2.45, 2.75) is 18.0 Å². The van der Waals surface area contributed by atoms with Gasteiger partial charge in [0.15, 0.2) is 6.29 Å². The Bertz CT molecular complexity index is 728. The minimum absolute atomic E-state index is 0.168. The van der Waals surface area contributed by atoms with Crippen molar-refractivity contribution < 1.29 is 27.0 Å². The van der Waals surface area contributed by atoms with Crippen LogP contribution in [0.25, 0.3) is 11.1 Å². The van der Waals surface area contributed by atoms with E-state index in [2.05, 4.69) is 0 Å². The van der Waals surface area contributed by atoms with Gasteiger partial charge in [-0.3, -0.25) is 0 Å². The van der Waals surface area contributed by atoms with Crippen LogP contribution in [0.2, 0.25) is 0 Å². The normalized spacial score (nSPS) is 21.4. The molecule has 2 aromatic carbocycles. The average molecular weight is 419 g/mol. The Kier molecular flexibility index (Phi) is 5.18. The van der Waals surface area contributed by atoms with Crippen LogP contribution in [0.15, 0.2) is 36.4 Å². The lowest BCUT2D eigenvalue weighted by Crippen LogP contribution is -2.24. The Morgan fingerprint density at radius 1 is 0.960 bits per heavy atom. The van der Waals surface area contributed by atoms with Gasteiger partial charge in [-0.2, -0.15) is 8.78 Å². The molecule has 134 valence electrons. The first kappa shape index (κ1) is 18.4. The molecule has 1 aliphatic heterocycles. The highest BCUT2D eigenvalue weighted by atomic mass is 79.9. The molecule has 0 amide bonds. The summed E-state index contributed by atoms with van der Waals surface area (Å²) in [4.78, 5) is -3.77. The maximum Gasteiger partial charge on any atom is 0.332 e. The molecule has 2 nitrogen and oxygen atoms in total. The van der Waals surface area contributed by atoms with Gasteiger partial charge in [-0.15, -0.1) is 0 Å². The first-order valence-corrected chi connectivity index (χ1v) is 8.45. The molecule has 1 heterocycles. The molecule has 0 unspecified atom stereocenters. The van der Waals surface area contributed by atoms with E-state index >= 15 is 0 Å². The predicted octanol–water partition coefficient (Wildman–Crippen LogP) is 5.76. The number of hydrogen-bond acceptors (Lipinski definition) is 2. The largest absolute Gasteiger partial charge is 0.348 e. The lowest BCUT2D eigenvalue weighted by atomic mass is 10.0. The molecule has 0 saturated carbocycles. The van der Waals surface area contributed by atoms with Crippen molar-refractivity contribution in [3.63, 3.8) is 0 Å². The molecule has 1 fully saturated rings. The summed E-state index contributed by atoms with van der Waals surface area (Å²) in [6, 6.07) is 8.49. The summed E-state index contributed by atoms with van der Waals surface area (Å²) in [7, 11) is 0. The first-order chi connectivity index (χ1) is 11.8. The van der Waals surface area contributed by atoms with Crippen LogP contribution >= 0.6 is 15.9 Å². The van der Waals surface area contributed by atoms with E-state index in [1.165, 1.54) is 0 Å². The number of alkyl halides is 3. The summed E-state index contributed by atoms with van der Waals surface area (Å²) in [6.07, 6.45) is -0.479. The van der Waals surface area contributed by atoms with Crippen LogP contribution < -0.4 is 0 Å². The minimum Gasteiger partial charge on any atom is -0.348 e. The zero-order chi connectivity index (χ0) is 18.2. The molecular weight excluding hydrogens is 404 g/mol. The van der Waals surface area contributed by atoms with Gasteiger partial charge in [0.25, 0.3) is 0 Å². The van der Waals surface area contributed by atoms with Crippen molar-refractivity contribution in [1.29, 1.82) is 0 Å². The summed E-state index contributed by atoms with van der Waals surface area (Å²) in [5.41, 5.74) is 0.141. The SMILES string of the molecule is CC1COC(c2ccc(-c3cc(F)c(C(F)(F)Br)c(F)c3)cc2)OC1. The summed E-state index contributed by atoms with van der Waals surface area (Å²) in [5, 5.41) is 0. The van der Waals surface area contributed by atoms with Crippen LogP contribution in [0.1, 0.15) is 24.3 Å². The van der Waals surface area contributed by atoms with E-state index in [-0.39, 0.29) is 5.56 Å². The van der Waals surface area contributed by atoms with E-state index in [4.69, 9.17) is 9.47 Å². The van der Waals surface area contributed by atoms with E-state index in [1.807, 2.05) is 22.9 Å². The highest BCUT2D eigenvalue weighted by molar-refractivity contribution is 9.09. The van der Waals surface area contributed by atoms with E-state index in [9.17, 15) is 17.6 Å². The average Bonchev–Trinajstić information content (AvgIpc) is 2.54. The van der Waals surface area contributed by atoms with E-state index in [0.717, 1.165) is 17.7 Å². The molecule has 0 radical (unpaired) electrons. The van der Waals surface area contributed by atoms with Crippen molar-refractivity contribution in [2.75, 3.05) is 13.2 Å². The molecular formula is C18H15BrF4O2.